The fourth-order valence-electron chi connectivity index (χ4n) is 3.36. The summed E-state index contributed by atoms with van der Waals surface area (Å²) in [4.78, 5) is 0. The van der Waals surface area contributed by atoms with Crippen LogP contribution in [0.25, 0.3) is 0 Å². The zero-order valence-corrected chi connectivity index (χ0v) is 18.2. The Morgan fingerprint density at radius 1 is 0.760 bits per heavy atom. The Hall–Kier alpha value is -0.860. The Labute approximate surface area is 165 Å². The van der Waals surface area contributed by atoms with Gasteiger partial charge in [0.25, 0.3) is 0 Å². The molecule has 2 atom stereocenters. The summed E-state index contributed by atoms with van der Waals surface area (Å²) in [7, 11) is 0. The molecule has 0 saturated carbocycles. The fourth-order valence-corrected chi connectivity index (χ4v) is 3.76. The molecule has 0 aromatic heterocycles. The van der Waals surface area contributed by atoms with Crippen LogP contribution in [0.5, 0.6) is 0 Å². The molecule has 0 saturated heterocycles. The average molecular weight is 373 g/mol. The van der Waals surface area contributed by atoms with Gasteiger partial charge in [-0.15, -0.1) is 0 Å². The van der Waals surface area contributed by atoms with E-state index >= 15 is 0 Å². The molecule has 2 unspecified atom stereocenters. The summed E-state index contributed by atoms with van der Waals surface area (Å²) in [6.45, 7) is 13.4. The van der Waals surface area contributed by atoms with Gasteiger partial charge in [-0.25, -0.2) is 0 Å². The maximum atomic E-state index is 4.58. The Kier molecular flexibility index (Phi) is 6.73. The minimum Gasteiger partial charge on any atom is -0.176 e. The lowest BCUT2D eigenvalue weighted by Crippen LogP contribution is -2.20. The molecule has 136 valence electrons. The van der Waals surface area contributed by atoms with E-state index in [1.807, 2.05) is 0 Å². The highest BCUT2D eigenvalue weighted by Crippen LogP contribution is 2.34. The summed E-state index contributed by atoms with van der Waals surface area (Å²) in [6.07, 6.45) is 2.02. The van der Waals surface area contributed by atoms with Crippen LogP contribution in [0.3, 0.4) is 0 Å². The van der Waals surface area contributed by atoms with Gasteiger partial charge in [-0.05, 0) is 60.1 Å². The van der Waals surface area contributed by atoms with Gasteiger partial charge in [0.2, 0.25) is 0 Å². The zero-order chi connectivity index (χ0) is 18.8. The van der Waals surface area contributed by atoms with Crippen LogP contribution in [0.15, 0.2) is 36.4 Å². The van der Waals surface area contributed by atoms with E-state index in [0.29, 0.717) is 10.5 Å². The molecule has 0 aliphatic heterocycles. The Balaban J connectivity index is 2.44. The predicted molar refractivity (Wildman–Crippen MR) is 119 cm³/mol. The van der Waals surface area contributed by atoms with E-state index in [9.17, 15) is 0 Å². The highest BCUT2D eigenvalue weighted by molar-refractivity contribution is 7.81. The van der Waals surface area contributed by atoms with E-state index < -0.39 is 0 Å². The molecule has 0 fully saturated rings. The number of aryl methyl sites for hydroxylation is 2. The second-order valence-corrected chi connectivity index (χ2v) is 9.78. The Morgan fingerprint density at radius 3 is 1.44 bits per heavy atom. The van der Waals surface area contributed by atoms with Crippen LogP contribution >= 0.6 is 25.3 Å². The first-order valence-electron chi connectivity index (χ1n) is 9.17. The number of thiol groups is 2. The van der Waals surface area contributed by atoms with Crippen molar-refractivity contribution in [1.82, 2.24) is 0 Å². The van der Waals surface area contributed by atoms with Crippen LogP contribution in [0.1, 0.15) is 61.1 Å². The van der Waals surface area contributed by atoms with E-state index in [2.05, 4.69) is 103 Å². The van der Waals surface area contributed by atoms with E-state index in [1.54, 1.807) is 0 Å². The molecule has 0 spiro atoms. The first-order valence-corrected chi connectivity index (χ1v) is 10.2. The van der Waals surface area contributed by atoms with Gasteiger partial charge in [0.1, 0.15) is 0 Å². The molecule has 0 amide bonds. The van der Waals surface area contributed by atoms with Crippen LogP contribution in [0.4, 0.5) is 0 Å². The molecule has 2 heteroatoms. The average Bonchev–Trinajstić information content (AvgIpc) is 2.50. The van der Waals surface area contributed by atoms with Crippen LogP contribution in [-0.4, -0.2) is 10.5 Å². The zero-order valence-electron chi connectivity index (χ0n) is 16.4. The molecule has 2 aromatic carbocycles. The summed E-state index contributed by atoms with van der Waals surface area (Å²) in [5, 5.41) is 0.750. The molecule has 0 N–H and O–H groups in total. The Bertz CT molecular complexity index is 665. The third-order valence-electron chi connectivity index (χ3n) is 5.17. The first kappa shape index (κ1) is 20.5. The highest BCUT2D eigenvalue weighted by atomic mass is 32.1. The first-order chi connectivity index (χ1) is 11.6. The second kappa shape index (κ2) is 8.22. The predicted octanol–water partition coefficient (Wildman–Crippen LogP) is 6.35. The van der Waals surface area contributed by atoms with Gasteiger partial charge < -0.3 is 0 Å². The molecule has 25 heavy (non-hydrogen) atoms. The molecule has 0 heterocycles. The number of benzene rings is 2. The van der Waals surface area contributed by atoms with Gasteiger partial charge in [0.05, 0.1) is 0 Å². The lowest BCUT2D eigenvalue weighted by atomic mass is 9.76. The minimum atomic E-state index is -0.0232. The lowest BCUT2D eigenvalue weighted by molar-refractivity contribution is 0.637. The summed E-state index contributed by atoms with van der Waals surface area (Å²) >= 11 is 9.17. The molecular weight excluding hydrogens is 340 g/mol. The van der Waals surface area contributed by atoms with Crippen molar-refractivity contribution in [2.45, 2.75) is 70.3 Å². The SMILES string of the molecule is Cc1ccc(C(C)(C)c2ccc(C)c(CC(C)S)c2)cc1CC(C)S. The van der Waals surface area contributed by atoms with Crippen molar-refractivity contribution in [3.8, 4) is 0 Å². The van der Waals surface area contributed by atoms with Crippen LogP contribution in [-0.2, 0) is 18.3 Å². The van der Waals surface area contributed by atoms with E-state index in [1.165, 1.54) is 33.4 Å². The minimum absolute atomic E-state index is 0.0232. The number of hydrogen-bond acceptors (Lipinski definition) is 2. The second-order valence-electron chi connectivity index (χ2n) is 8.01. The van der Waals surface area contributed by atoms with Crippen molar-refractivity contribution in [1.29, 1.82) is 0 Å². The third kappa shape index (κ3) is 5.08. The summed E-state index contributed by atoms with van der Waals surface area (Å²) in [6, 6.07) is 13.8. The maximum Gasteiger partial charge on any atom is 0.0146 e. The van der Waals surface area contributed by atoms with E-state index in [-0.39, 0.29) is 5.41 Å². The fraction of sp³-hybridized carbons (Fsp3) is 0.478. The number of hydrogen-bond donors (Lipinski definition) is 2. The largest absolute Gasteiger partial charge is 0.176 e. The maximum absolute atomic E-state index is 4.58. The van der Waals surface area contributed by atoms with Crippen molar-refractivity contribution >= 4 is 25.3 Å². The summed E-state index contributed by atoms with van der Waals surface area (Å²) in [5.74, 6) is 0. The Morgan fingerprint density at radius 2 is 1.12 bits per heavy atom. The quantitative estimate of drug-likeness (QED) is 0.542. The molecule has 2 aromatic rings. The van der Waals surface area contributed by atoms with E-state index in [4.69, 9.17) is 0 Å². The van der Waals surface area contributed by atoms with Crippen molar-refractivity contribution in [2.24, 2.45) is 0 Å². The van der Waals surface area contributed by atoms with Gasteiger partial charge in [-0.3, -0.25) is 0 Å². The smallest absolute Gasteiger partial charge is 0.0146 e. The van der Waals surface area contributed by atoms with Crippen molar-refractivity contribution in [3.63, 3.8) is 0 Å². The van der Waals surface area contributed by atoms with Gasteiger partial charge in [-0.1, -0.05) is 64.1 Å². The van der Waals surface area contributed by atoms with E-state index in [0.717, 1.165) is 12.8 Å². The lowest BCUT2D eigenvalue weighted by Gasteiger charge is -2.28. The molecule has 0 radical (unpaired) electrons. The third-order valence-corrected chi connectivity index (χ3v) is 5.54. The normalized spacial score (nSPS) is 14.4. The molecule has 0 aliphatic rings. The topological polar surface area (TPSA) is 0 Å². The van der Waals surface area contributed by atoms with Crippen LogP contribution in [0, 0.1) is 13.8 Å². The molecular formula is C23H32S2. The van der Waals surface area contributed by atoms with Crippen molar-refractivity contribution in [2.75, 3.05) is 0 Å². The highest BCUT2D eigenvalue weighted by Gasteiger charge is 2.24. The van der Waals surface area contributed by atoms with Gasteiger partial charge in [-0.2, -0.15) is 25.3 Å². The van der Waals surface area contributed by atoms with Crippen molar-refractivity contribution in [3.05, 3.63) is 69.8 Å². The monoisotopic (exact) mass is 372 g/mol. The standard InChI is InChI=1S/C23H32S2/c1-15-7-9-21(13-19(15)11-17(3)24)23(5,6)22-10-8-16(2)20(14-22)12-18(4)25/h7-10,13-14,17-18,24-25H,11-12H2,1-6H3. The van der Waals surface area contributed by atoms with Gasteiger partial charge >= 0.3 is 0 Å². The molecule has 2 rings (SSSR count). The molecule has 0 bridgehead atoms. The van der Waals surface area contributed by atoms with Gasteiger partial charge in [0.15, 0.2) is 0 Å². The van der Waals surface area contributed by atoms with Crippen LogP contribution < -0.4 is 0 Å². The molecule has 0 aliphatic carbocycles. The summed E-state index contributed by atoms with van der Waals surface area (Å²) in [5.41, 5.74) is 8.24. The van der Waals surface area contributed by atoms with Crippen LogP contribution in [0.2, 0.25) is 0 Å². The molecule has 0 nitrogen and oxygen atoms in total. The van der Waals surface area contributed by atoms with Crippen molar-refractivity contribution < 1.29 is 0 Å². The number of rotatable bonds is 6. The summed E-state index contributed by atoms with van der Waals surface area (Å²) < 4.78 is 0. The van der Waals surface area contributed by atoms with Gasteiger partial charge in [0, 0.05) is 15.9 Å².